The molecule has 0 saturated heterocycles. The van der Waals surface area contributed by atoms with E-state index in [1.807, 2.05) is 239 Å². The Balaban J connectivity index is 0.000000106. The molecule has 0 radical (unpaired) electrons. The molecule has 1 fully saturated rings. The molecule has 16 heterocycles. The Hall–Kier alpha value is -20.0. The average molecular weight is 1910 g/mol. The zero-order valence-corrected chi connectivity index (χ0v) is 77.6. The second-order valence-electron chi connectivity index (χ2n) is 35.0. The van der Waals surface area contributed by atoms with E-state index in [0.29, 0.717) is 136 Å². The number of tetrazole rings is 1. The number of aromatic nitrogens is 28. The van der Waals surface area contributed by atoms with Gasteiger partial charge in [0, 0.05) is 63.1 Å². The monoisotopic (exact) mass is 1900 g/mol. The Morgan fingerprint density at radius 1 is 0.361 bits per heavy atom. The van der Waals surface area contributed by atoms with E-state index < -0.39 is 0 Å². The molecule has 1 aliphatic rings. The van der Waals surface area contributed by atoms with Gasteiger partial charge < -0.3 is 47.8 Å². The van der Waals surface area contributed by atoms with Gasteiger partial charge in [-0.1, -0.05) is 127 Å². The van der Waals surface area contributed by atoms with Crippen molar-refractivity contribution in [3.63, 3.8) is 0 Å². The van der Waals surface area contributed by atoms with E-state index >= 15 is 0 Å². The molecule has 16 aromatic heterocycles. The molecule has 0 atom stereocenters. The van der Waals surface area contributed by atoms with Crippen LogP contribution < -0.4 is 56.6 Å². The molecule has 0 aliphatic heterocycles. The van der Waals surface area contributed by atoms with Gasteiger partial charge in [0.1, 0.15) is 82.4 Å². The van der Waals surface area contributed by atoms with Crippen molar-refractivity contribution in [3.8, 4) is 62.4 Å². The maximum absolute atomic E-state index is 13.9. The number of oxazole rings is 2. The summed E-state index contributed by atoms with van der Waals surface area (Å²) in [4.78, 5) is 98.2. The molecule has 40 nitrogen and oxygen atoms in total. The number of H-pyrrole nitrogens is 2. The lowest BCUT2D eigenvalue weighted by atomic mass is 10.1. The van der Waals surface area contributed by atoms with Crippen LogP contribution in [0.1, 0.15) is 69.5 Å². The zero-order chi connectivity index (χ0) is 98.6. The van der Waals surface area contributed by atoms with Gasteiger partial charge in [-0.25, -0.2) is 58.6 Å². The van der Waals surface area contributed by atoms with Gasteiger partial charge in [-0.05, 0) is 193 Å². The van der Waals surface area contributed by atoms with Crippen molar-refractivity contribution < 1.29 is 8.83 Å². The number of hydrogen-bond donors (Lipinski definition) is 8. The van der Waals surface area contributed by atoms with E-state index in [0.717, 1.165) is 124 Å². The number of anilines is 6. The topological polar surface area (TPSA) is 554 Å². The summed E-state index contributed by atoms with van der Waals surface area (Å²) in [5.41, 5.74) is 55.7. The van der Waals surface area contributed by atoms with Crippen LogP contribution in [0, 0.1) is 34.6 Å². The second-order valence-corrected chi connectivity index (χ2v) is 35.0. The van der Waals surface area contributed by atoms with Gasteiger partial charge >= 0.3 is 0 Å². The lowest BCUT2D eigenvalue weighted by Crippen LogP contribution is -2.25. The Morgan fingerprint density at radius 3 is 1.13 bits per heavy atom. The van der Waals surface area contributed by atoms with Crippen molar-refractivity contribution in [1.29, 1.82) is 0 Å². The number of aromatic amines is 2. The minimum absolute atomic E-state index is 0.0444. The van der Waals surface area contributed by atoms with Gasteiger partial charge in [0.15, 0.2) is 33.8 Å². The number of fused-ring (bicyclic) bond motifs is 10. The van der Waals surface area contributed by atoms with Crippen LogP contribution in [0.2, 0.25) is 0 Å². The smallest absolute Gasteiger partial charge is 0.292 e. The molecule has 14 N–H and O–H groups in total. The Bertz CT molecular complexity index is 9710. The number of pyridine rings is 4. The number of nitrogen functional groups attached to an aromatic ring is 6. The largest absolute Gasteiger partial charge is 0.424 e. The molecule has 1 aliphatic carbocycles. The highest BCUT2D eigenvalue weighted by Gasteiger charge is 2.32. The first-order valence-electron chi connectivity index (χ1n) is 45.8. The van der Waals surface area contributed by atoms with Crippen molar-refractivity contribution in [2.45, 2.75) is 79.7 Å². The summed E-state index contributed by atoms with van der Waals surface area (Å²) in [5, 5.41) is 49.1. The Kier molecular flexibility index (Phi) is 21.7. The standard InChI is InChI=1S/C29H22N8O2.C26H22N8O2.C25H20N8O.C24H20N10O/c1-16-6-5-7-17-12-20(37(28(38)23(16)17)19-8-3-2-4-9-19)14-36-27-24(26(30)32-15-33-27)25(35-36)18-10-11-22-21(13-18)34-29(31)39-22;1-13-3-2-4-14-9-17(34(16-6-7-16)25(35)20(13)14)11-33-24-21(23(27)29-12-30-24)22(32-33)15-5-8-19-18(10-15)31-26(28)36-19;1-15-6-5-7-16-10-19(33(25(34)20(15)16)18-8-3-2-4-9-18)13-32-24-21(23(26)27-14-28-24)22(31-32)17-11-29-30-12-17;1-13-6-3-4-9-17(13)34-16(10-15-8-5-7-14(2)18(15)24(34)35)11-33-23-19(21(25)26-12-27-23)20(30-33)22-28-31-32-29-22/h2-13,15H,14H2,1H3,(H2,31,34)(H2,30,32,33);2-5,8-10,12,16H,6-7,11H2,1H3,(H2,28,31)(H2,27,29,30);2-12,14H,13H2,1H3,(H,29,30)(H2,26,27,28);3-10,12H,11H2,1-2H3,(H2,25,26,27)(H,28,29,31,32). The summed E-state index contributed by atoms with van der Waals surface area (Å²) in [6.45, 7) is 11.0. The molecule has 9 aromatic carbocycles. The fraction of sp³-hybridized carbons (Fsp3) is 0.115. The van der Waals surface area contributed by atoms with Gasteiger partial charge in [0.05, 0.1) is 81.2 Å². The predicted molar refractivity (Wildman–Crippen MR) is 550 cm³/mol. The van der Waals surface area contributed by atoms with Crippen LogP contribution in [-0.4, -0.2) is 138 Å². The van der Waals surface area contributed by atoms with Gasteiger partial charge in [0.25, 0.3) is 34.3 Å². The normalized spacial score (nSPS) is 12.1. The van der Waals surface area contributed by atoms with Crippen LogP contribution in [0.4, 0.5) is 35.3 Å². The SMILES string of the molecule is Cc1cccc2cc(Cn3nc(-c4ccc5oc(N)nc5c4)c4c(N)ncnc43)n(-c3ccccc3)c(=O)c12.Cc1cccc2cc(Cn3nc(-c4ccc5oc(N)nc5c4)c4c(N)ncnc43)n(C3CC3)c(=O)c12.Cc1cccc2cc(Cn3nc(-c4cn[nH]c4)c4c(N)ncnc43)n(-c3ccccc3)c(=O)c12.Cc1ccccc1-n1c(Cn2nc(-c3nn[nH]n3)c3c(N)ncnc32)cc2cccc(C)c2c1=O. The highest BCUT2D eigenvalue weighted by atomic mass is 16.4. The number of para-hydroxylation sites is 3. The first kappa shape index (κ1) is 88.0. The molecule has 0 unspecified atom stereocenters. The summed E-state index contributed by atoms with van der Waals surface area (Å²) >= 11 is 0. The number of rotatable bonds is 16. The third-order valence-electron chi connectivity index (χ3n) is 25.8. The quantitative estimate of drug-likeness (QED) is 0.0445. The third kappa shape index (κ3) is 15.6. The number of hydrogen-bond acceptors (Lipinski definition) is 30. The van der Waals surface area contributed by atoms with E-state index in [1.165, 1.54) is 25.3 Å². The predicted octanol–water partition coefficient (Wildman–Crippen LogP) is 14.3. The number of benzene rings is 9. The minimum atomic E-state index is -0.0910. The second kappa shape index (κ2) is 35.6. The number of nitrogens with two attached hydrogens (primary N) is 6. The highest BCUT2D eigenvalue weighted by Crippen LogP contribution is 2.41. The van der Waals surface area contributed by atoms with Gasteiger partial charge in [-0.2, -0.15) is 40.7 Å². The average Bonchev–Trinajstić information content (AvgIpc) is 1.57. The molecule has 0 amide bonds. The molecule has 1 saturated carbocycles. The van der Waals surface area contributed by atoms with Gasteiger partial charge in [0.2, 0.25) is 5.82 Å². The number of nitrogens with zero attached hydrogens (tertiary/aromatic N) is 26. The van der Waals surface area contributed by atoms with Crippen molar-refractivity contribution in [3.05, 3.63) is 348 Å². The third-order valence-corrected chi connectivity index (χ3v) is 25.8. The summed E-state index contributed by atoms with van der Waals surface area (Å²) in [5.74, 6) is 1.50. The van der Waals surface area contributed by atoms with E-state index in [-0.39, 0.29) is 65.0 Å². The van der Waals surface area contributed by atoms with Crippen LogP contribution in [0.3, 0.4) is 0 Å². The van der Waals surface area contributed by atoms with Crippen LogP contribution in [-0.2, 0) is 26.2 Å². The van der Waals surface area contributed by atoms with Crippen LogP contribution in [0.5, 0.6) is 0 Å². The summed E-state index contributed by atoms with van der Waals surface area (Å²) in [6, 6.07) is 70.1. The zero-order valence-electron chi connectivity index (χ0n) is 77.6. The molecule has 40 heteroatoms. The molecule has 0 spiro atoms. The van der Waals surface area contributed by atoms with E-state index in [2.05, 4.69) is 86.7 Å². The summed E-state index contributed by atoms with van der Waals surface area (Å²) in [6.07, 6.45) is 11.1. The van der Waals surface area contributed by atoms with Crippen LogP contribution >= 0.6 is 0 Å². The van der Waals surface area contributed by atoms with Crippen LogP contribution in [0.25, 0.3) is 172 Å². The van der Waals surface area contributed by atoms with Crippen molar-refractivity contribution in [2.75, 3.05) is 34.4 Å². The van der Waals surface area contributed by atoms with E-state index in [1.54, 1.807) is 57.0 Å². The first-order chi connectivity index (χ1) is 70.1. The van der Waals surface area contributed by atoms with Gasteiger partial charge in [-0.15, -0.1) is 10.2 Å². The van der Waals surface area contributed by atoms with Crippen LogP contribution in [0.15, 0.2) is 284 Å². The maximum Gasteiger partial charge on any atom is 0.292 e. The fourth-order valence-corrected chi connectivity index (χ4v) is 19.1. The lowest BCUT2D eigenvalue weighted by Gasteiger charge is -2.17. The Labute approximate surface area is 811 Å². The summed E-state index contributed by atoms with van der Waals surface area (Å²) in [7, 11) is 0. The number of nitrogens with one attached hydrogen (secondary N) is 2. The maximum atomic E-state index is 13.9. The summed E-state index contributed by atoms with van der Waals surface area (Å²) < 4.78 is 25.0. The first-order valence-corrected chi connectivity index (χ1v) is 45.8. The molecule has 706 valence electrons. The van der Waals surface area contributed by atoms with Crippen molar-refractivity contribution in [1.82, 2.24) is 138 Å². The lowest BCUT2D eigenvalue weighted by molar-refractivity contribution is 0.607. The van der Waals surface area contributed by atoms with Gasteiger partial charge in [-0.3, -0.25) is 38.0 Å². The fourth-order valence-electron chi connectivity index (χ4n) is 19.1. The Morgan fingerprint density at radius 2 is 0.729 bits per heavy atom. The van der Waals surface area contributed by atoms with E-state index in [9.17, 15) is 19.2 Å². The molecule has 25 aromatic rings. The van der Waals surface area contributed by atoms with E-state index in [4.69, 9.17) is 63.6 Å². The molecule has 144 heavy (non-hydrogen) atoms. The molecular weight excluding hydrogens is 1820 g/mol. The highest BCUT2D eigenvalue weighted by molar-refractivity contribution is 6.03. The van der Waals surface area contributed by atoms with Crippen molar-refractivity contribution in [2.24, 2.45) is 0 Å². The molecule has 26 rings (SSSR count). The minimum Gasteiger partial charge on any atom is -0.424 e. The van der Waals surface area contributed by atoms with Crippen molar-refractivity contribution >= 4 is 145 Å². The molecular formula is C104H84N34O6. The molecule has 0 bridgehead atoms. The number of aryl methyl sites for hydroxylation is 5.